The Morgan fingerprint density at radius 2 is 1.69 bits per heavy atom. The molecule has 3 nitrogen and oxygen atoms in total. The van der Waals surface area contributed by atoms with Gasteiger partial charge < -0.3 is 9.64 Å². The number of ether oxygens (including phenoxy) is 1. The second kappa shape index (κ2) is 9.35. The minimum absolute atomic E-state index is 0.142. The lowest BCUT2D eigenvalue weighted by atomic mass is 9.91. The Labute approximate surface area is 156 Å². The van der Waals surface area contributed by atoms with Crippen LogP contribution in [0.2, 0.25) is 0 Å². The van der Waals surface area contributed by atoms with E-state index in [1.165, 1.54) is 5.56 Å². The molecular formula is C23H27NO2. The van der Waals surface area contributed by atoms with Gasteiger partial charge in [0.15, 0.2) is 0 Å². The van der Waals surface area contributed by atoms with E-state index in [0.717, 1.165) is 31.5 Å². The number of carbonyl (C=O) groups excluding carboxylic acids is 1. The fourth-order valence-corrected chi connectivity index (χ4v) is 3.43. The lowest BCUT2D eigenvalue weighted by Crippen LogP contribution is -2.41. The molecule has 0 radical (unpaired) electrons. The quantitative estimate of drug-likeness (QED) is 0.759. The van der Waals surface area contributed by atoms with Crippen molar-refractivity contribution in [3.8, 4) is 0 Å². The van der Waals surface area contributed by atoms with E-state index >= 15 is 0 Å². The summed E-state index contributed by atoms with van der Waals surface area (Å²) < 4.78 is 5.99. The Balaban J connectivity index is 1.41. The summed E-state index contributed by atoms with van der Waals surface area (Å²) in [6, 6.07) is 19.8. The van der Waals surface area contributed by atoms with Gasteiger partial charge in [-0.05, 0) is 43.4 Å². The Bertz CT molecular complexity index is 704. The first-order valence-corrected chi connectivity index (χ1v) is 9.41. The molecule has 0 bridgehead atoms. The summed E-state index contributed by atoms with van der Waals surface area (Å²) in [5.41, 5.74) is 1.97. The standard InChI is InChI=1S/C23H27NO2/c1-19(26-18-8-11-20-9-4-2-5-10-20)21-14-16-24(17-15-21)23(25)22-12-6-3-7-13-22/h2-13,19,21H,14-18H2,1H3. The number of rotatable bonds is 6. The topological polar surface area (TPSA) is 29.5 Å². The Hall–Kier alpha value is -2.39. The van der Waals surface area contributed by atoms with Crippen molar-refractivity contribution in [1.29, 1.82) is 0 Å². The van der Waals surface area contributed by atoms with Crippen molar-refractivity contribution in [1.82, 2.24) is 4.90 Å². The van der Waals surface area contributed by atoms with Crippen molar-refractivity contribution < 1.29 is 9.53 Å². The molecule has 2 aromatic carbocycles. The van der Waals surface area contributed by atoms with E-state index in [9.17, 15) is 4.79 Å². The van der Waals surface area contributed by atoms with Gasteiger partial charge in [-0.1, -0.05) is 60.7 Å². The number of likely N-dealkylation sites (tertiary alicyclic amines) is 1. The summed E-state index contributed by atoms with van der Waals surface area (Å²) in [5.74, 6) is 0.656. The van der Waals surface area contributed by atoms with E-state index in [0.29, 0.717) is 12.5 Å². The molecule has 3 rings (SSSR count). The molecule has 0 N–H and O–H groups in total. The van der Waals surface area contributed by atoms with E-state index in [4.69, 9.17) is 4.74 Å². The summed E-state index contributed by atoms with van der Waals surface area (Å²) in [4.78, 5) is 14.5. The van der Waals surface area contributed by atoms with Crippen LogP contribution in [0.25, 0.3) is 6.08 Å². The van der Waals surface area contributed by atoms with Gasteiger partial charge in [-0.3, -0.25) is 4.79 Å². The van der Waals surface area contributed by atoms with E-state index in [2.05, 4.69) is 31.2 Å². The number of benzene rings is 2. The van der Waals surface area contributed by atoms with Crippen LogP contribution in [0.1, 0.15) is 35.7 Å². The molecule has 0 aliphatic carbocycles. The van der Waals surface area contributed by atoms with E-state index in [1.54, 1.807) is 0 Å². The van der Waals surface area contributed by atoms with Crippen molar-refractivity contribution >= 4 is 12.0 Å². The lowest BCUT2D eigenvalue weighted by molar-refractivity contribution is 0.0157. The molecule has 2 aromatic rings. The summed E-state index contributed by atoms with van der Waals surface area (Å²) in [7, 11) is 0. The van der Waals surface area contributed by atoms with Gasteiger partial charge in [0.2, 0.25) is 0 Å². The molecule has 1 amide bonds. The lowest BCUT2D eigenvalue weighted by Gasteiger charge is -2.34. The Kier molecular flexibility index (Phi) is 6.62. The largest absolute Gasteiger partial charge is 0.374 e. The molecule has 1 fully saturated rings. The zero-order valence-corrected chi connectivity index (χ0v) is 15.4. The highest BCUT2D eigenvalue weighted by atomic mass is 16.5. The minimum Gasteiger partial charge on any atom is -0.374 e. The van der Waals surface area contributed by atoms with Gasteiger partial charge in [0, 0.05) is 18.7 Å². The van der Waals surface area contributed by atoms with Gasteiger partial charge in [-0.15, -0.1) is 0 Å². The fraction of sp³-hybridized carbons (Fsp3) is 0.348. The molecule has 1 aliphatic rings. The highest BCUT2D eigenvalue weighted by Crippen LogP contribution is 2.23. The molecular weight excluding hydrogens is 322 g/mol. The maximum atomic E-state index is 12.5. The number of piperidine rings is 1. The molecule has 3 heteroatoms. The number of hydrogen-bond donors (Lipinski definition) is 0. The number of amides is 1. The Morgan fingerprint density at radius 3 is 2.35 bits per heavy atom. The average molecular weight is 349 g/mol. The third-order valence-electron chi connectivity index (χ3n) is 5.08. The zero-order valence-electron chi connectivity index (χ0n) is 15.4. The molecule has 0 saturated carbocycles. The average Bonchev–Trinajstić information content (AvgIpc) is 2.72. The predicted molar refractivity (Wildman–Crippen MR) is 106 cm³/mol. The molecule has 1 saturated heterocycles. The summed E-state index contributed by atoms with van der Waals surface area (Å²) in [6.45, 7) is 4.40. The highest BCUT2D eigenvalue weighted by Gasteiger charge is 2.27. The third-order valence-corrected chi connectivity index (χ3v) is 5.08. The van der Waals surface area contributed by atoms with E-state index in [1.807, 2.05) is 53.4 Å². The van der Waals surface area contributed by atoms with Gasteiger partial charge in [-0.2, -0.15) is 0 Å². The molecule has 26 heavy (non-hydrogen) atoms. The maximum absolute atomic E-state index is 12.5. The molecule has 1 atom stereocenters. The molecule has 1 heterocycles. The summed E-state index contributed by atoms with van der Waals surface area (Å²) in [6.07, 6.45) is 6.38. The summed E-state index contributed by atoms with van der Waals surface area (Å²) >= 11 is 0. The minimum atomic E-state index is 0.142. The second-order valence-electron chi connectivity index (χ2n) is 6.85. The van der Waals surface area contributed by atoms with Crippen molar-refractivity contribution in [2.45, 2.75) is 25.9 Å². The van der Waals surface area contributed by atoms with E-state index < -0.39 is 0 Å². The number of hydrogen-bond acceptors (Lipinski definition) is 2. The van der Waals surface area contributed by atoms with Crippen LogP contribution < -0.4 is 0 Å². The van der Waals surface area contributed by atoms with Crippen LogP contribution in [0.4, 0.5) is 0 Å². The predicted octanol–water partition coefficient (Wildman–Crippen LogP) is 4.66. The molecule has 1 unspecified atom stereocenters. The normalized spacial score (nSPS) is 16.7. The molecule has 136 valence electrons. The molecule has 0 spiro atoms. The van der Waals surface area contributed by atoms with Crippen LogP contribution in [0.15, 0.2) is 66.7 Å². The van der Waals surface area contributed by atoms with Crippen LogP contribution in [0.5, 0.6) is 0 Å². The highest BCUT2D eigenvalue weighted by molar-refractivity contribution is 5.94. The number of carbonyl (C=O) groups is 1. The zero-order chi connectivity index (χ0) is 18.2. The summed E-state index contributed by atoms with van der Waals surface area (Å²) in [5, 5.41) is 0. The second-order valence-corrected chi connectivity index (χ2v) is 6.85. The van der Waals surface area contributed by atoms with Crippen LogP contribution >= 0.6 is 0 Å². The van der Waals surface area contributed by atoms with Gasteiger partial charge in [0.05, 0.1) is 12.7 Å². The fourth-order valence-electron chi connectivity index (χ4n) is 3.43. The van der Waals surface area contributed by atoms with Crippen molar-refractivity contribution in [3.05, 3.63) is 77.9 Å². The first-order chi connectivity index (χ1) is 12.7. The van der Waals surface area contributed by atoms with Gasteiger partial charge in [0.25, 0.3) is 5.91 Å². The maximum Gasteiger partial charge on any atom is 0.253 e. The number of nitrogens with zero attached hydrogens (tertiary/aromatic N) is 1. The van der Waals surface area contributed by atoms with Gasteiger partial charge in [-0.25, -0.2) is 0 Å². The monoisotopic (exact) mass is 349 g/mol. The molecule has 0 aromatic heterocycles. The van der Waals surface area contributed by atoms with E-state index in [-0.39, 0.29) is 12.0 Å². The first-order valence-electron chi connectivity index (χ1n) is 9.41. The van der Waals surface area contributed by atoms with Crippen LogP contribution in [0.3, 0.4) is 0 Å². The smallest absolute Gasteiger partial charge is 0.253 e. The van der Waals surface area contributed by atoms with Gasteiger partial charge >= 0.3 is 0 Å². The van der Waals surface area contributed by atoms with Crippen molar-refractivity contribution in [2.75, 3.05) is 19.7 Å². The first kappa shape index (κ1) is 18.4. The van der Waals surface area contributed by atoms with Crippen LogP contribution in [0, 0.1) is 5.92 Å². The Morgan fingerprint density at radius 1 is 1.08 bits per heavy atom. The van der Waals surface area contributed by atoms with Crippen LogP contribution in [-0.4, -0.2) is 36.6 Å². The van der Waals surface area contributed by atoms with Crippen molar-refractivity contribution in [2.24, 2.45) is 5.92 Å². The third kappa shape index (κ3) is 5.06. The van der Waals surface area contributed by atoms with Crippen molar-refractivity contribution in [3.63, 3.8) is 0 Å². The molecule has 1 aliphatic heterocycles. The van der Waals surface area contributed by atoms with Gasteiger partial charge in [0.1, 0.15) is 0 Å². The van der Waals surface area contributed by atoms with Crippen LogP contribution in [-0.2, 0) is 4.74 Å². The SMILES string of the molecule is CC(OCC=Cc1ccccc1)C1CCN(C(=O)c2ccccc2)CC1.